The number of thioether (sulfide) groups is 1. The molecule has 0 saturated carbocycles. The summed E-state index contributed by atoms with van der Waals surface area (Å²) in [5.74, 6) is 0. The van der Waals surface area contributed by atoms with Gasteiger partial charge in [-0.15, -0.1) is 0 Å². The summed E-state index contributed by atoms with van der Waals surface area (Å²) >= 11 is 1.64. The van der Waals surface area contributed by atoms with E-state index in [2.05, 4.69) is 28.4 Å². The monoisotopic (exact) mass is 236 g/mol. The maximum absolute atomic E-state index is 5.71. The van der Waals surface area contributed by atoms with E-state index >= 15 is 0 Å². The molecule has 0 unspecified atom stereocenters. The molecule has 0 aliphatic heterocycles. The second-order valence-electron chi connectivity index (χ2n) is 3.91. The third-order valence-electron chi connectivity index (χ3n) is 2.55. The van der Waals surface area contributed by atoms with Crippen molar-refractivity contribution in [1.82, 2.24) is 14.5 Å². The molecular weight excluding hydrogens is 220 g/mol. The Labute approximate surface area is 99.3 Å². The van der Waals surface area contributed by atoms with Gasteiger partial charge in [0.25, 0.3) is 0 Å². The fourth-order valence-corrected chi connectivity index (χ4v) is 2.47. The van der Waals surface area contributed by atoms with Crippen LogP contribution in [0, 0.1) is 0 Å². The molecule has 2 rings (SSSR count). The number of rotatable bonds is 3. The fourth-order valence-electron chi connectivity index (χ4n) is 1.79. The molecule has 0 fully saturated rings. The van der Waals surface area contributed by atoms with Crippen molar-refractivity contribution in [2.45, 2.75) is 31.6 Å². The van der Waals surface area contributed by atoms with Gasteiger partial charge in [0.15, 0.2) is 10.8 Å². The highest BCUT2D eigenvalue weighted by Crippen LogP contribution is 2.26. The predicted molar refractivity (Wildman–Crippen MR) is 67.6 cm³/mol. The first-order valence-electron chi connectivity index (χ1n) is 5.29. The normalized spacial score (nSPS) is 11.6. The van der Waals surface area contributed by atoms with Gasteiger partial charge in [0.2, 0.25) is 0 Å². The van der Waals surface area contributed by atoms with Crippen LogP contribution in [0.1, 0.15) is 25.5 Å². The van der Waals surface area contributed by atoms with Crippen molar-refractivity contribution in [2.24, 2.45) is 5.73 Å². The topological polar surface area (TPSA) is 56.7 Å². The van der Waals surface area contributed by atoms with Gasteiger partial charge >= 0.3 is 0 Å². The van der Waals surface area contributed by atoms with Crippen molar-refractivity contribution in [3.8, 4) is 0 Å². The van der Waals surface area contributed by atoms with Crippen molar-refractivity contribution in [2.75, 3.05) is 6.26 Å². The molecule has 0 radical (unpaired) electrons. The molecule has 5 heteroatoms. The highest BCUT2D eigenvalue weighted by atomic mass is 32.2. The Balaban J connectivity index is 2.77. The zero-order chi connectivity index (χ0) is 11.7. The lowest BCUT2D eigenvalue weighted by molar-refractivity contribution is 0.563. The Morgan fingerprint density at radius 1 is 1.50 bits per heavy atom. The van der Waals surface area contributed by atoms with Crippen molar-refractivity contribution in [3.63, 3.8) is 0 Å². The maximum atomic E-state index is 5.71. The van der Waals surface area contributed by atoms with Crippen LogP contribution in [0.4, 0.5) is 0 Å². The average molecular weight is 236 g/mol. The molecule has 0 bridgehead atoms. The Morgan fingerprint density at radius 2 is 2.25 bits per heavy atom. The van der Waals surface area contributed by atoms with Crippen molar-refractivity contribution in [3.05, 3.63) is 17.8 Å². The quantitative estimate of drug-likeness (QED) is 0.830. The van der Waals surface area contributed by atoms with E-state index in [0.29, 0.717) is 12.6 Å². The van der Waals surface area contributed by atoms with E-state index in [1.54, 1.807) is 18.0 Å². The van der Waals surface area contributed by atoms with Gasteiger partial charge in [0.05, 0.1) is 0 Å². The summed E-state index contributed by atoms with van der Waals surface area (Å²) in [5, 5.41) is 0.999. The molecule has 0 aliphatic rings. The summed E-state index contributed by atoms with van der Waals surface area (Å²) in [6.45, 7) is 4.78. The largest absolute Gasteiger partial charge is 0.326 e. The molecule has 2 aromatic heterocycles. The number of imidazole rings is 1. The average Bonchev–Trinajstić information content (AvgIpc) is 2.66. The van der Waals surface area contributed by atoms with Gasteiger partial charge in [-0.3, -0.25) is 0 Å². The van der Waals surface area contributed by atoms with Gasteiger partial charge in [-0.05, 0) is 31.7 Å². The molecular formula is C11H16N4S. The number of nitrogens with zero attached hydrogens (tertiary/aromatic N) is 3. The number of hydrogen-bond acceptors (Lipinski definition) is 4. The van der Waals surface area contributed by atoms with E-state index in [-0.39, 0.29) is 0 Å². The van der Waals surface area contributed by atoms with Crippen LogP contribution in [0.5, 0.6) is 0 Å². The Kier molecular flexibility index (Phi) is 3.16. The molecule has 0 aliphatic carbocycles. The molecule has 0 atom stereocenters. The van der Waals surface area contributed by atoms with E-state index in [1.165, 1.54) is 0 Å². The van der Waals surface area contributed by atoms with Crippen LogP contribution < -0.4 is 5.73 Å². The van der Waals surface area contributed by atoms with Crippen LogP contribution in [0.3, 0.4) is 0 Å². The van der Waals surface area contributed by atoms with Crippen LogP contribution >= 0.6 is 11.8 Å². The summed E-state index contributed by atoms with van der Waals surface area (Å²) in [6, 6.07) is 2.29. The first-order chi connectivity index (χ1) is 7.69. The third kappa shape index (κ3) is 1.70. The lowest BCUT2D eigenvalue weighted by atomic mass is 10.2. The van der Waals surface area contributed by atoms with E-state index in [9.17, 15) is 0 Å². The van der Waals surface area contributed by atoms with E-state index in [1.807, 2.05) is 12.3 Å². The maximum Gasteiger partial charge on any atom is 0.170 e. The minimum absolute atomic E-state index is 0.355. The van der Waals surface area contributed by atoms with Crippen LogP contribution in [-0.4, -0.2) is 20.8 Å². The summed E-state index contributed by atoms with van der Waals surface area (Å²) in [5.41, 5.74) is 8.63. The Hall–Kier alpha value is -1.07. The van der Waals surface area contributed by atoms with Crippen molar-refractivity contribution < 1.29 is 0 Å². The molecule has 2 N–H and O–H groups in total. The van der Waals surface area contributed by atoms with E-state index in [4.69, 9.17) is 5.73 Å². The van der Waals surface area contributed by atoms with Crippen molar-refractivity contribution >= 4 is 22.9 Å². The van der Waals surface area contributed by atoms with E-state index in [0.717, 1.165) is 21.9 Å². The molecule has 0 aromatic carbocycles. The van der Waals surface area contributed by atoms with Gasteiger partial charge in [0, 0.05) is 18.8 Å². The van der Waals surface area contributed by atoms with Crippen LogP contribution in [-0.2, 0) is 6.54 Å². The first kappa shape index (κ1) is 11.4. The van der Waals surface area contributed by atoms with Gasteiger partial charge < -0.3 is 10.3 Å². The molecule has 2 aromatic rings. The van der Waals surface area contributed by atoms with Gasteiger partial charge in [0.1, 0.15) is 5.52 Å². The van der Waals surface area contributed by atoms with Crippen molar-refractivity contribution in [1.29, 1.82) is 0 Å². The fraction of sp³-hybridized carbons (Fsp3) is 0.455. The lowest BCUT2D eigenvalue weighted by Crippen LogP contribution is -2.03. The molecule has 0 spiro atoms. The molecule has 86 valence electrons. The second-order valence-corrected chi connectivity index (χ2v) is 4.68. The Bertz CT molecular complexity index is 504. The summed E-state index contributed by atoms with van der Waals surface area (Å²) in [4.78, 5) is 9.02. The van der Waals surface area contributed by atoms with Gasteiger partial charge in [-0.2, -0.15) is 0 Å². The number of fused-ring (bicyclic) bond motifs is 1. The zero-order valence-corrected chi connectivity index (χ0v) is 10.6. The summed E-state index contributed by atoms with van der Waals surface area (Å²) in [6.07, 6.45) is 3.83. The Morgan fingerprint density at radius 3 is 2.81 bits per heavy atom. The molecule has 2 heterocycles. The smallest absolute Gasteiger partial charge is 0.170 e. The zero-order valence-electron chi connectivity index (χ0n) is 9.77. The number of hydrogen-bond donors (Lipinski definition) is 1. The molecule has 0 amide bonds. The van der Waals surface area contributed by atoms with Crippen LogP contribution in [0.15, 0.2) is 17.4 Å². The SMILES string of the molecule is CSc1nc2c(CN)ccnc2n1C(C)C. The minimum Gasteiger partial charge on any atom is -0.326 e. The highest BCUT2D eigenvalue weighted by molar-refractivity contribution is 7.98. The number of aromatic nitrogens is 3. The standard InChI is InChI=1S/C11H16N4S/c1-7(2)15-10-9(14-11(15)16-3)8(6-12)4-5-13-10/h4-5,7H,6,12H2,1-3H3. The minimum atomic E-state index is 0.355. The lowest BCUT2D eigenvalue weighted by Gasteiger charge is -2.10. The second kappa shape index (κ2) is 4.43. The summed E-state index contributed by atoms with van der Waals surface area (Å²) < 4.78 is 2.15. The highest BCUT2D eigenvalue weighted by Gasteiger charge is 2.15. The predicted octanol–water partition coefficient (Wildman–Crippen LogP) is 2.19. The summed E-state index contributed by atoms with van der Waals surface area (Å²) in [7, 11) is 0. The van der Waals surface area contributed by atoms with Gasteiger partial charge in [-0.25, -0.2) is 9.97 Å². The number of pyridine rings is 1. The molecule has 0 saturated heterocycles. The number of nitrogens with two attached hydrogens (primary N) is 1. The first-order valence-corrected chi connectivity index (χ1v) is 6.51. The van der Waals surface area contributed by atoms with Crippen LogP contribution in [0.2, 0.25) is 0 Å². The van der Waals surface area contributed by atoms with E-state index < -0.39 is 0 Å². The van der Waals surface area contributed by atoms with Gasteiger partial charge in [-0.1, -0.05) is 11.8 Å². The molecule has 16 heavy (non-hydrogen) atoms. The molecule has 4 nitrogen and oxygen atoms in total. The van der Waals surface area contributed by atoms with Crippen LogP contribution in [0.25, 0.3) is 11.2 Å². The third-order valence-corrected chi connectivity index (χ3v) is 3.20.